The molecule has 0 unspecified atom stereocenters. The molecule has 2 amide bonds. The monoisotopic (exact) mass is 434 g/mol. The zero-order valence-electron chi connectivity index (χ0n) is 17.2. The number of hydrogen-bond donors (Lipinski definition) is 1. The van der Waals surface area contributed by atoms with E-state index in [4.69, 9.17) is 16.3 Å². The first-order valence-corrected chi connectivity index (χ1v) is 10.5. The summed E-state index contributed by atoms with van der Waals surface area (Å²) >= 11 is 5.91. The van der Waals surface area contributed by atoms with Crippen molar-refractivity contribution in [2.24, 2.45) is 0 Å². The van der Waals surface area contributed by atoms with E-state index in [0.717, 1.165) is 16.7 Å². The lowest BCUT2D eigenvalue weighted by molar-refractivity contribution is -0.121. The number of nitrogens with zero attached hydrogens (tertiary/aromatic N) is 1. The molecule has 1 heterocycles. The standard InChI is InChI=1S/C25H23ClN2O3/c1-17-2-4-19(5-3-17)15-28-22-14-20(8-11-23(22)31-16-24(28)29)25(30)27-13-12-18-6-9-21(26)10-7-18/h2-11,14H,12-13,15-16H2,1H3,(H,27,30). The molecule has 0 radical (unpaired) electrons. The van der Waals surface area contributed by atoms with E-state index in [0.29, 0.717) is 41.5 Å². The molecule has 0 spiro atoms. The molecular weight excluding hydrogens is 412 g/mol. The van der Waals surface area contributed by atoms with Crippen LogP contribution in [0.1, 0.15) is 27.0 Å². The predicted molar refractivity (Wildman–Crippen MR) is 122 cm³/mol. The number of amides is 2. The van der Waals surface area contributed by atoms with Crippen molar-refractivity contribution in [3.8, 4) is 5.75 Å². The summed E-state index contributed by atoms with van der Waals surface area (Å²) in [5.41, 5.74) is 4.38. The molecule has 3 aromatic carbocycles. The Bertz CT molecular complexity index is 1090. The van der Waals surface area contributed by atoms with Gasteiger partial charge in [-0.1, -0.05) is 53.6 Å². The minimum Gasteiger partial charge on any atom is -0.482 e. The lowest BCUT2D eigenvalue weighted by atomic mass is 10.1. The van der Waals surface area contributed by atoms with E-state index in [1.807, 2.05) is 55.5 Å². The number of halogens is 1. The van der Waals surface area contributed by atoms with E-state index in [2.05, 4.69) is 5.32 Å². The first-order valence-electron chi connectivity index (χ1n) is 10.1. The van der Waals surface area contributed by atoms with Crippen LogP contribution in [0.2, 0.25) is 5.02 Å². The van der Waals surface area contributed by atoms with E-state index in [-0.39, 0.29) is 18.4 Å². The Labute approximate surface area is 186 Å². The minimum atomic E-state index is -0.190. The largest absolute Gasteiger partial charge is 0.482 e. The van der Waals surface area contributed by atoms with E-state index in [1.165, 1.54) is 0 Å². The normalized spacial score (nSPS) is 12.8. The van der Waals surface area contributed by atoms with Crippen molar-refractivity contribution in [3.63, 3.8) is 0 Å². The van der Waals surface area contributed by atoms with Gasteiger partial charge in [-0.15, -0.1) is 0 Å². The van der Waals surface area contributed by atoms with Gasteiger partial charge in [0.05, 0.1) is 12.2 Å². The average Bonchev–Trinajstić information content (AvgIpc) is 2.78. The van der Waals surface area contributed by atoms with Crippen LogP contribution in [-0.2, 0) is 17.8 Å². The first-order chi connectivity index (χ1) is 15.0. The number of fused-ring (bicyclic) bond motifs is 1. The molecule has 158 valence electrons. The lowest BCUT2D eigenvalue weighted by Crippen LogP contribution is -2.38. The summed E-state index contributed by atoms with van der Waals surface area (Å²) in [6, 6.07) is 20.8. The van der Waals surface area contributed by atoms with Crippen molar-refractivity contribution in [2.45, 2.75) is 19.9 Å². The summed E-state index contributed by atoms with van der Waals surface area (Å²) in [7, 11) is 0. The van der Waals surface area contributed by atoms with Crippen LogP contribution in [0.5, 0.6) is 5.75 Å². The third-order valence-corrected chi connectivity index (χ3v) is 5.49. The summed E-state index contributed by atoms with van der Waals surface area (Å²) in [4.78, 5) is 26.9. The molecule has 4 rings (SSSR count). The van der Waals surface area contributed by atoms with Crippen LogP contribution in [-0.4, -0.2) is 25.0 Å². The van der Waals surface area contributed by atoms with Gasteiger partial charge in [0.1, 0.15) is 5.75 Å². The van der Waals surface area contributed by atoms with Crippen LogP contribution in [0.3, 0.4) is 0 Å². The minimum absolute atomic E-state index is 0.00844. The predicted octanol–water partition coefficient (Wildman–Crippen LogP) is 4.55. The highest BCUT2D eigenvalue weighted by molar-refractivity contribution is 6.30. The molecule has 1 aliphatic heterocycles. The molecule has 5 nitrogen and oxygen atoms in total. The number of carbonyl (C=O) groups is 2. The quantitative estimate of drug-likeness (QED) is 0.619. The Morgan fingerprint density at radius 2 is 1.74 bits per heavy atom. The molecule has 0 saturated heterocycles. The van der Waals surface area contributed by atoms with Crippen LogP contribution in [0.4, 0.5) is 5.69 Å². The number of ether oxygens (including phenoxy) is 1. The number of benzene rings is 3. The van der Waals surface area contributed by atoms with Gasteiger partial charge in [-0.05, 0) is 54.8 Å². The molecule has 3 aromatic rings. The highest BCUT2D eigenvalue weighted by atomic mass is 35.5. The van der Waals surface area contributed by atoms with Crippen molar-refractivity contribution in [1.29, 1.82) is 0 Å². The van der Waals surface area contributed by atoms with Crippen molar-refractivity contribution < 1.29 is 14.3 Å². The number of anilines is 1. The van der Waals surface area contributed by atoms with Gasteiger partial charge >= 0.3 is 0 Å². The van der Waals surface area contributed by atoms with Crippen molar-refractivity contribution in [2.75, 3.05) is 18.1 Å². The highest BCUT2D eigenvalue weighted by Gasteiger charge is 2.26. The second-order valence-corrected chi connectivity index (χ2v) is 8.01. The second kappa shape index (κ2) is 9.23. The summed E-state index contributed by atoms with van der Waals surface area (Å²) in [6.45, 7) is 2.94. The van der Waals surface area contributed by atoms with E-state index < -0.39 is 0 Å². The van der Waals surface area contributed by atoms with Crippen LogP contribution < -0.4 is 15.0 Å². The molecule has 0 fully saturated rings. The molecule has 31 heavy (non-hydrogen) atoms. The third-order valence-electron chi connectivity index (χ3n) is 5.24. The van der Waals surface area contributed by atoms with Crippen LogP contribution in [0.15, 0.2) is 66.7 Å². The molecule has 0 aromatic heterocycles. The molecule has 0 saturated carbocycles. The summed E-state index contributed by atoms with van der Waals surface area (Å²) in [5, 5.41) is 3.62. The first kappa shape index (κ1) is 20.9. The van der Waals surface area contributed by atoms with Crippen molar-refractivity contribution >= 4 is 29.1 Å². The molecule has 1 N–H and O–H groups in total. The zero-order valence-corrected chi connectivity index (χ0v) is 18.0. The highest BCUT2D eigenvalue weighted by Crippen LogP contribution is 2.34. The number of rotatable bonds is 6. The van der Waals surface area contributed by atoms with Gasteiger partial charge in [-0.3, -0.25) is 9.59 Å². The SMILES string of the molecule is Cc1ccc(CN2C(=O)COc3ccc(C(=O)NCCc4ccc(Cl)cc4)cc32)cc1. The molecule has 1 aliphatic rings. The van der Waals surface area contributed by atoms with Gasteiger partial charge in [0.25, 0.3) is 11.8 Å². The van der Waals surface area contributed by atoms with Crippen molar-refractivity contribution in [3.05, 3.63) is 94.0 Å². The van der Waals surface area contributed by atoms with E-state index >= 15 is 0 Å². The maximum atomic E-state index is 12.7. The number of aryl methyl sites for hydroxylation is 1. The van der Waals surface area contributed by atoms with Gasteiger partial charge in [0.2, 0.25) is 0 Å². The molecule has 0 bridgehead atoms. The maximum absolute atomic E-state index is 12.7. The third kappa shape index (κ3) is 5.06. The maximum Gasteiger partial charge on any atom is 0.265 e. The fourth-order valence-corrected chi connectivity index (χ4v) is 3.59. The fourth-order valence-electron chi connectivity index (χ4n) is 3.47. The smallest absolute Gasteiger partial charge is 0.265 e. The topological polar surface area (TPSA) is 58.6 Å². The fraction of sp³-hybridized carbons (Fsp3) is 0.200. The van der Waals surface area contributed by atoms with Crippen LogP contribution in [0.25, 0.3) is 0 Å². The van der Waals surface area contributed by atoms with Crippen molar-refractivity contribution in [1.82, 2.24) is 5.32 Å². The molecular formula is C25H23ClN2O3. The Kier molecular flexibility index (Phi) is 6.23. The molecule has 6 heteroatoms. The molecule has 0 aliphatic carbocycles. The van der Waals surface area contributed by atoms with Gasteiger partial charge < -0.3 is 15.0 Å². The van der Waals surface area contributed by atoms with E-state index in [9.17, 15) is 9.59 Å². The summed E-state index contributed by atoms with van der Waals surface area (Å²) < 4.78 is 5.57. The Morgan fingerprint density at radius 1 is 1.03 bits per heavy atom. The Morgan fingerprint density at radius 3 is 2.48 bits per heavy atom. The number of carbonyl (C=O) groups excluding carboxylic acids is 2. The van der Waals surface area contributed by atoms with Crippen LogP contribution >= 0.6 is 11.6 Å². The van der Waals surface area contributed by atoms with Gasteiger partial charge in [-0.2, -0.15) is 0 Å². The van der Waals surface area contributed by atoms with Gasteiger partial charge in [0, 0.05) is 17.1 Å². The summed E-state index contributed by atoms with van der Waals surface area (Å²) in [5.74, 6) is 0.280. The van der Waals surface area contributed by atoms with E-state index in [1.54, 1.807) is 23.1 Å². The molecule has 0 atom stereocenters. The van der Waals surface area contributed by atoms with Gasteiger partial charge in [0.15, 0.2) is 6.61 Å². The zero-order chi connectivity index (χ0) is 21.8. The number of hydrogen-bond acceptors (Lipinski definition) is 3. The Hall–Kier alpha value is -3.31. The second-order valence-electron chi connectivity index (χ2n) is 7.57. The summed E-state index contributed by atoms with van der Waals surface area (Å²) in [6.07, 6.45) is 0.703. The number of nitrogens with one attached hydrogen (secondary N) is 1. The Balaban J connectivity index is 1.47. The van der Waals surface area contributed by atoms with Crippen LogP contribution in [0, 0.1) is 6.92 Å². The lowest BCUT2D eigenvalue weighted by Gasteiger charge is -2.30. The average molecular weight is 435 g/mol. The van der Waals surface area contributed by atoms with Gasteiger partial charge in [-0.25, -0.2) is 0 Å².